The van der Waals surface area contributed by atoms with Crippen LogP contribution in [-0.2, 0) is 0 Å². The van der Waals surface area contributed by atoms with Crippen molar-refractivity contribution in [3.63, 3.8) is 0 Å². The number of nitrogens with one attached hydrogen (secondary N) is 1. The molecule has 0 aromatic carbocycles. The van der Waals surface area contributed by atoms with Crippen molar-refractivity contribution in [3.8, 4) is 0 Å². The minimum absolute atomic E-state index is 0.279. The summed E-state index contributed by atoms with van der Waals surface area (Å²) >= 11 is 0. The molecule has 3 aromatic rings. The number of pyridine rings is 1. The lowest BCUT2D eigenvalue weighted by Gasteiger charge is -2.11. The molecule has 0 saturated heterocycles. The van der Waals surface area contributed by atoms with E-state index in [1.807, 2.05) is 42.6 Å². The van der Waals surface area contributed by atoms with E-state index in [0.29, 0.717) is 5.82 Å². The molecular weight excluding hydrogens is 268 g/mol. The molecule has 0 fully saturated rings. The van der Waals surface area contributed by atoms with Crippen LogP contribution in [0.15, 0.2) is 36.8 Å². The predicted molar refractivity (Wildman–Crippen MR) is 75.6 cm³/mol. The number of rotatable bonds is 3. The fourth-order valence-electron chi connectivity index (χ4n) is 2.00. The van der Waals surface area contributed by atoms with Gasteiger partial charge in [-0.3, -0.25) is 14.2 Å². The molecule has 0 unspecified atom stereocenters. The van der Waals surface area contributed by atoms with Gasteiger partial charge in [0, 0.05) is 12.4 Å². The van der Waals surface area contributed by atoms with Crippen molar-refractivity contribution in [1.82, 2.24) is 29.9 Å². The van der Waals surface area contributed by atoms with E-state index in [1.165, 1.54) is 6.20 Å². The Kier molecular flexibility index (Phi) is 3.31. The van der Waals surface area contributed by atoms with Crippen LogP contribution < -0.4 is 5.32 Å². The average Bonchev–Trinajstić information content (AvgIpc) is 2.92. The van der Waals surface area contributed by atoms with Crippen molar-refractivity contribution in [3.05, 3.63) is 54.0 Å². The molecule has 0 aliphatic carbocycles. The summed E-state index contributed by atoms with van der Waals surface area (Å²) in [5, 5.41) is 11.0. The van der Waals surface area contributed by atoms with Crippen molar-refractivity contribution >= 4 is 11.6 Å². The summed E-state index contributed by atoms with van der Waals surface area (Å²) in [5.41, 5.74) is 1.79. The standard InChI is InChI=1S/C14H14N6O/c1-9-7-16-11(8-15-9)14(21)17-10(2)13-19-18-12-5-3-4-6-20(12)13/h3-8,10H,1-2H3,(H,17,21)/t10-/m1/s1. The highest BCUT2D eigenvalue weighted by atomic mass is 16.1. The molecule has 0 aliphatic heterocycles. The summed E-state index contributed by atoms with van der Waals surface area (Å²) in [6.07, 6.45) is 4.88. The van der Waals surface area contributed by atoms with Gasteiger partial charge >= 0.3 is 0 Å². The quantitative estimate of drug-likeness (QED) is 0.783. The van der Waals surface area contributed by atoms with E-state index in [1.54, 1.807) is 6.20 Å². The summed E-state index contributed by atoms with van der Waals surface area (Å²) < 4.78 is 1.84. The van der Waals surface area contributed by atoms with Crippen LogP contribution in [-0.4, -0.2) is 30.5 Å². The van der Waals surface area contributed by atoms with Crippen LogP contribution in [0.25, 0.3) is 5.65 Å². The Morgan fingerprint density at radius 2 is 2.10 bits per heavy atom. The predicted octanol–water partition coefficient (Wildman–Crippen LogP) is 1.32. The molecule has 0 saturated carbocycles. The van der Waals surface area contributed by atoms with Crippen LogP contribution in [0.1, 0.15) is 35.0 Å². The van der Waals surface area contributed by atoms with Crippen LogP contribution in [0, 0.1) is 6.92 Å². The zero-order valence-corrected chi connectivity index (χ0v) is 11.7. The molecule has 106 valence electrons. The molecule has 0 bridgehead atoms. The highest BCUT2D eigenvalue weighted by Gasteiger charge is 2.17. The normalized spacial score (nSPS) is 12.3. The Morgan fingerprint density at radius 3 is 2.86 bits per heavy atom. The second kappa shape index (κ2) is 5.28. The minimum Gasteiger partial charge on any atom is -0.341 e. The van der Waals surface area contributed by atoms with E-state index >= 15 is 0 Å². The first kappa shape index (κ1) is 13.2. The van der Waals surface area contributed by atoms with E-state index in [9.17, 15) is 4.79 Å². The highest BCUT2D eigenvalue weighted by Crippen LogP contribution is 2.12. The number of nitrogens with zero attached hydrogens (tertiary/aromatic N) is 5. The SMILES string of the molecule is Cc1cnc(C(=O)N[C@H](C)c2nnc3ccccn23)cn1. The average molecular weight is 282 g/mol. The van der Waals surface area contributed by atoms with Gasteiger partial charge in [-0.05, 0) is 26.0 Å². The van der Waals surface area contributed by atoms with Gasteiger partial charge in [-0.15, -0.1) is 10.2 Å². The summed E-state index contributed by atoms with van der Waals surface area (Å²) in [7, 11) is 0. The third-order valence-electron chi connectivity index (χ3n) is 3.09. The molecule has 7 heteroatoms. The number of amides is 1. The van der Waals surface area contributed by atoms with Gasteiger partial charge in [-0.25, -0.2) is 4.98 Å². The topological polar surface area (TPSA) is 85.1 Å². The molecule has 21 heavy (non-hydrogen) atoms. The number of aromatic nitrogens is 5. The molecular formula is C14H14N6O. The first-order valence-corrected chi connectivity index (χ1v) is 6.54. The maximum absolute atomic E-state index is 12.1. The van der Waals surface area contributed by atoms with E-state index < -0.39 is 0 Å². The van der Waals surface area contributed by atoms with Crippen LogP contribution in [0.2, 0.25) is 0 Å². The molecule has 0 radical (unpaired) electrons. The Hall–Kier alpha value is -2.83. The number of hydrogen-bond acceptors (Lipinski definition) is 5. The van der Waals surface area contributed by atoms with Gasteiger partial charge in [-0.1, -0.05) is 6.07 Å². The summed E-state index contributed by atoms with van der Waals surface area (Å²) in [6.45, 7) is 3.67. The van der Waals surface area contributed by atoms with Crippen molar-refractivity contribution in [2.75, 3.05) is 0 Å². The fraction of sp³-hybridized carbons (Fsp3) is 0.214. The van der Waals surface area contributed by atoms with Crippen LogP contribution in [0.3, 0.4) is 0 Å². The second-order valence-electron chi connectivity index (χ2n) is 4.73. The number of carbonyl (C=O) groups excluding carboxylic acids is 1. The number of fused-ring (bicyclic) bond motifs is 1. The zero-order chi connectivity index (χ0) is 14.8. The van der Waals surface area contributed by atoms with Gasteiger partial charge < -0.3 is 5.32 Å². The lowest BCUT2D eigenvalue weighted by atomic mass is 10.3. The van der Waals surface area contributed by atoms with Crippen LogP contribution >= 0.6 is 0 Å². The van der Waals surface area contributed by atoms with E-state index in [2.05, 4.69) is 25.5 Å². The molecule has 7 nitrogen and oxygen atoms in total. The van der Waals surface area contributed by atoms with E-state index in [4.69, 9.17) is 0 Å². The zero-order valence-electron chi connectivity index (χ0n) is 11.7. The van der Waals surface area contributed by atoms with Crippen molar-refractivity contribution < 1.29 is 4.79 Å². The summed E-state index contributed by atoms with van der Waals surface area (Å²) in [4.78, 5) is 20.2. The first-order chi connectivity index (χ1) is 10.1. The van der Waals surface area contributed by atoms with Gasteiger partial charge in [0.15, 0.2) is 11.5 Å². The Bertz CT molecular complexity index is 780. The molecule has 3 heterocycles. The Labute approximate surface area is 121 Å². The third kappa shape index (κ3) is 2.58. The fourth-order valence-corrected chi connectivity index (χ4v) is 2.00. The monoisotopic (exact) mass is 282 g/mol. The molecule has 3 rings (SSSR count). The third-order valence-corrected chi connectivity index (χ3v) is 3.09. The molecule has 3 aromatic heterocycles. The van der Waals surface area contributed by atoms with Crippen molar-refractivity contribution in [2.24, 2.45) is 0 Å². The Balaban J connectivity index is 1.81. The van der Waals surface area contributed by atoms with Crippen LogP contribution in [0.5, 0.6) is 0 Å². The van der Waals surface area contributed by atoms with Gasteiger partial charge in [0.05, 0.1) is 17.9 Å². The van der Waals surface area contributed by atoms with Gasteiger partial charge in [0.25, 0.3) is 5.91 Å². The van der Waals surface area contributed by atoms with Gasteiger partial charge in [-0.2, -0.15) is 0 Å². The summed E-state index contributed by atoms with van der Waals surface area (Å²) in [6, 6.07) is 5.34. The van der Waals surface area contributed by atoms with Gasteiger partial charge in [0.2, 0.25) is 0 Å². The molecule has 0 spiro atoms. The lowest BCUT2D eigenvalue weighted by Crippen LogP contribution is -2.28. The number of carbonyl (C=O) groups is 1. The minimum atomic E-state index is -0.294. The van der Waals surface area contributed by atoms with Gasteiger partial charge in [0.1, 0.15) is 5.69 Å². The summed E-state index contributed by atoms with van der Waals surface area (Å²) in [5.74, 6) is 0.377. The number of aryl methyl sites for hydroxylation is 1. The first-order valence-electron chi connectivity index (χ1n) is 6.54. The highest BCUT2D eigenvalue weighted by molar-refractivity contribution is 5.92. The Morgan fingerprint density at radius 1 is 1.24 bits per heavy atom. The molecule has 1 N–H and O–H groups in total. The second-order valence-corrected chi connectivity index (χ2v) is 4.73. The smallest absolute Gasteiger partial charge is 0.272 e. The van der Waals surface area contributed by atoms with E-state index in [0.717, 1.165) is 11.3 Å². The maximum atomic E-state index is 12.1. The number of hydrogen-bond donors (Lipinski definition) is 1. The maximum Gasteiger partial charge on any atom is 0.272 e. The molecule has 1 atom stereocenters. The van der Waals surface area contributed by atoms with Crippen molar-refractivity contribution in [1.29, 1.82) is 0 Å². The van der Waals surface area contributed by atoms with Crippen LogP contribution in [0.4, 0.5) is 0 Å². The lowest BCUT2D eigenvalue weighted by molar-refractivity contribution is 0.0932. The largest absolute Gasteiger partial charge is 0.341 e. The molecule has 1 amide bonds. The van der Waals surface area contributed by atoms with Crippen molar-refractivity contribution in [2.45, 2.75) is 19.9 Å². The molecule has 0 aliphatic rings. The van der Waals surface area contributed by atoms with E-state index in [-0.39, 0.29) is 17.6 Å².